The van der Waals surface area contributed by atoms with Crippen molar-refractivity contribution in [3.63, 3.8) is 0 Å². The summed E-state index contributed by atoms with van der Waals surface area (Å²) in [7, 11) is 1.55. The van der Waals surface area contributed by atoms with Crippen molar-refractivity contribution in [3.05, 3.63) is 29.3 Å². The summed E-state index contributed by atoms with van der Waals surface area (Å²) in [6, 6.07) is 5.63. The van der Waals surface area contributed by atoms with Gasteiger partial charge in [-0.05, 0) is 30.5 Å². The molecule has 1 aliphatic heterocycles. The van der Waals surface area contributed by atoms with Gasteiger partial charge in [-0.1, -0.05) is 11.2 Å². The van der Waals surface area contributed by atoms with E-state index in [4.69, 9.17) is 20.4 Å². The molecule has 0 saturated carbocycles. The van der Waals surface area contributed by atoms with Crippen molar-refractivity contribution in [2.75, 3.05) is 20.3 Å². The molecule has 6 nitrogen and oxygen atoms in total. The number of nitrogens with one attached hydrogen (secondary N) is 1. The van der Waals surface area contributed by atoms with Gasteiger partial charge in [0.25, 0.3) is 0 Å². The third kappa shape index (κ3) is 3.61. The van der Waals surface area contributed by atoms with Crippen LogP contribution in [0.4, 0.5) is 0 Å². The lowest BCUT2D eigenvalue weighted by Crippen LogP contribution is -2.26. The summed E-state index contributed by atoms with van der Waals surface area (Å²) in [5, 5.41) is 15.2. The zero-order valence-electron chi connectivity index (χ0n) is 11.6. The quantitative estimate of drug-likeness (QED) is 0.313. The smallest absolute Gasteiger partial charge is 0.173 e. The minimum absolute atomic E-state index is 0.0443. The summed E-state index contributed by atoms with van der Waals surface area (Å²) in [6.45, 7) is 2.41. The molecular weight excluding hydrogens is 258 g/mol. The fourth-order valence-electron chi connectivity index (χ4n) is 2.30. The summed E-state index contributed by atoms with van der Waals surface area (Å²) in [5.41, 5.74) is 7.28. The lowest BCUT2D eigenvalue weighted by molar-refractivity contribution is 0.110. The molecule has 1 aliphatic rings. The predicted molar refractivity (Wildman–Crippen MR) is 76.2 cm³/mol. The Labute approximate surface area is 118 Å². The Bertz CT molecular complexity index is 471. The average Bonchev–Trinajstić information content (AvgIpc) is 2.99. The SMILES string of the molecule is COc1ccc(CNCC2CCCO2)cc1C(N)=NO. The molecule has 0 aromatic heterocycles. The molecule has 1 aromatic carbocycles. The van der Waals surface area contributed by atoms with Crippen LogP contribution >= 0.6 is 0 Å². The number of oxime groups is 1. The van der Waals surface area contributed by atoms with Gasteiger partial charge in [0.1, 0.15) is 5.75 Å². The fourth-order valence-corrected chi connectivity index (χ4v) is 2.30. The topological polar surface area (TPSA) is 89.1 Å². The van der Waals surface area contributed by atoms with Crippen LogP contribution in [0.5, 0.6) is 5.75 Å². The number of benzene rings is 1. The third-order valence-corrected chi connectivity index (χ3v) is 3.37. The van der Waals surface area contributed by atoms with E-state index in [1.54, 1.807) is 7.11 Å². The minimum Gasteiger partial charge on any atom is -0.496 e. The average molecular weight is 279 g/mol. The van der Waals surface area contributed by atoms with Crippen molar-refractivity contribution >= 4 is 5.84 Å². The normalized spacial score (nSPS) is 19.2. The minimum atomic E-state index is 0.0443. The monoisotopic (exact) mass is 279 g/mol. The fraction of sp³-hybridized carbons (Fsp3) is 0.500. The van der Waals surface area contributed by atoms with E-state index in [-0.39, 0.29) is 5.84 Å². The highest BCUT2D eigenvalue weighted by molar-refractivity contribution is 5.99. The molecule has 4 N–H and O–H groups in total. The maximum absolute atomic E-state index is 8.79. The molecule has 0 aliphatic carbocycles. The first-order chi connectivity index (χ1) is 9.74. The Hall–Kier alpha value is -1.79. The number of amidine groups is 1. The molecule has 0 bridgehead atoms. The van der Waals surface area contributed by atoms with Gasteiger partial charge < -0.3 is 25.7 Å². The van der Waals surface area contributed by atoms with Crippen LogP contribution in [-0.2, 0) is 11.3 Å². The van der Waals surface area contributed by atoms with Crippen molar-refractivity contribution in [1.82, 2.24) is 5.32 Å². The van der Waals surface area contributed by atoms with E-state index in [2.05, 4.69) is 10.5 Å². The molecule has 20 heavy (non-hydrogen) atoms. The molecule has 1 fully saturated rings. The van der Waals surface area contributed by atoms with Crippen LogP contribution in [0.2, 0.25) is 0 Å². The molecule has 1 unspecified atom stereocenters. The van der Waals surface area contributed by atoms with Gasteiger partial charge >= 0.3 is 0 Å². The maximum atomic E-state index is 8.79. The summed E-state index contributed by atoms with van der Waals surface area (Å²) >= 11 is 0. The highest BCUT2D eigenvalue weighted by Crippen LogP contribution is 2.19. The van der Waals surface area contributed by atoms with Crippen molar-refractivity contribution in [1.29, 1.82) is 0 Å². The Morgan fingerprint density at radius 3 is 3.10 bits per heavy atom. The van der Waals surface area contributed by atoms with Crippen LogP contribution in [0.3, 0.4) is 0 Å². The number of nitrogens with zero attached hydrogens (tertiary/aromatic N) is 1. The Balaban J connectivity index is 1.97. The van der Waals surface area contributed by atoms with Crippen molar-refractivity contribution in [3.8, 4) is 5.75 Å². The summed E-state index contributed by atoms with van der Waals surface area (Å²) in [6.07, 6.45) is 2.57. The van der Waals surface area contributed by atoms with Gasteiger partial charge in [0.05, 0.1) is 18.8 Å². The van der Waals surface area contributed by atoms with E-state index >= 15 is 0 Å². The van der Waals surface area contributed by atoms with Crippen molar-refractivity contribution < 1.29 is 14.7 Å². The predicted octanol–water partition coefficient (Wildman–Crippen LogP) is 1.06. The molecule has 1 saturated heterocycles. The first-order valence-corrected chi connectivity index (χ1v) is 6.71. The van der Waals surface area contributed by atoms with Gasteiger partial charge in [-0.2, -0.15) is 0 Å². The third-order valence-electron chi connectivity index (χ3n) is 3.37. The van der Waals surface area contributed by atoms with Crippen LogP contribution in [0.1, 0.15) is 24.0 Å². The lowest BCUT2D eigenvalue weighted by atomic mass is 10.1. The number of hydrogen-bond donors (Lipinski definition) is 3. The first kappa shape index (κ1) is 14.6. The summed E-state index contributed by atoms with van der Waals surface area (Å²) in [5.74, 6) is 0.631. The zero-order valence-corrected chi connectivity index (χ0v) is 11.6. The van der Waals surface area contributed by atoms with Gasteiger partial charge in [-0.25, -0.2) is 0 Å². The first-order valence-electron chi connectivity index (χ1n) is 6.71. The largest absolute Gasteiger partial charge is 0.496 e. The van der Waals surface area contributed by atoms with E-state index in [0.29, 0.717) is 24.0 Å². The summed E-state index contributed by atoms with van der Waals surface area (Å²) in [4.78, 5) is 0. The Kier molecular flexibility index (Phi) is 5.20. The molecule has 0 radical (unpaired) electrons. The second-order valence-electron chi connectivity index (χ2n) is 4.79. The highest BCUT2D eigenvalue weighted by Gasteiger charge is 2.14. The molecule has 2 rings (SSSR count). The van der Waals surface area contributed by atoms with Gasteiger partial charge in [0.15, 0.2) is 5.84 Å². The number of rotatable bonds is 6. The van der Waals surface area contributed by atoms with Gasteiger partial charge in [-0.3, -0.25) is 0 Å². The second kappa shape index (κ2) is 7.12. The summed E-state index contributed by atoms with van der Waals surface area (Å²) < 4.78 is 10.7. The van der Waals surface area contributed by atoms with Crippen LogP contribution in [0, 0.1) is 0 Å². The van der Waals surface area contributed by atoms with E-state index in [1.807, 2.05) is 18.2 Å². The van der Waals surface area contributed by atoms with E-state index in [9.17, 15) is 0 Å². The number of ether oxygens (including phenoxy) is 2. The lowest BCUT2D eigenvalue weighted by Gasteiger charge is -2.12. The standard InChI is InChI=1S/C14H21N3O3/c1-19-13-5-4-10(7-12(13)14(15)17-18)8-16-9-11-3-2-6-20-11/h4-5,7,11,16,18H,2-3,6,8-9H2,1H3,(H2,15,17). The Morgan fingerprint density at radius 1 is 1.60 bits per heavy atom. The molecule has 6 heteroatoms. The van der Waals surface area contributed by atoms with Crippen molar-refractivity contribution in [2.24, 2.45) is 10.9 Å². The van der Waals surface area contributed by atoms with Crippen LogP contribution in [0.15, 0.2) is 23.4 Å². The molecule has 0 amide bonds. The van der Waals surface area contributed by atoms with E-state index < -0.39 is 0 Å². The molecule has 1 aromatic rings. The van der Waals surface area contributed by atoms with Crippen LogP contribution in [-0.4, -0.2) is 37.4 Å². The van der Waals surface area contributed by atoms with Gasteiger partial charge in [0.2, 0.25) is 0 Å². The van der Waals surface area contributed by atoms with Crippen LogP contribution in [0.25, 0.3) is 0 Å². The number of nitrogens with two attached hydrogens (primary N) is 1. The van der Waals surface area contributed by atoms with Gasteiger partial charge in [0, 0.05) is 19.7 Å². The molecular formula is C14H21N3O3. The van der Waals surface area contributed by atoms with Gasteiger partial charge in [-0.15, -0.1) is 0 Å². The molecule has 0 spiro atoms. The highest BCUT2D eigenvalue weighted by atomic mass is 16.5. The van der Waals surface area contributed by atoms with Crippen molar-refractivity contribution in [2.45, 2.75) is 25.5 Å². The van der Waals surface area contributed by atoms with Crippen LogP contribution < -0.4 is 15.8 Å². The Morgan fingerprint density at radius 2 is 2.45 bits per heavy atom. The maximum Gasteiger partial charge on any atom is 0.173 e. The van der Waals surface area contributed by atoms with E-state index in [1.165, 1.54) is 0 Å². The molecule has 110 valence electrons. The second-order valence-corrected chi connectivity index (χ2v) is 4.79. The van der Waals surface area contributed by atoms with E-state index in [0.717, 1.165) is 31.6 Å². The zero-order chi connectivity index (χ0) is 14.4. The number of methoxy groups -OCH3 is 1. The number of hydrogen-bond acceptors (Lipinski definition) is 5. The molecule has 1 heterocycles. The molecule has 1 atom stereocenters.